The van der Waals surface area contributed by atoms with Crippen molar-refractivity contribution in [1.29, 1.82) is 0 Å². The van der Waals surface area contributed by atoms with Crippen LogP contribution in [0.25, 0.3) is 11.3 Å². The van der Waals surface area contributed by atoms with Crippen molar-refractivity contribution in [3.8, 4) is 11.3 Å². The molecule has 0 spiro atoms. The molecule has 5 nitrogen and oxygen atoms in total. The van der Waals surface area contributed by atoms with Crippen LogP contribution in [0.2, 0.25) is 5.02 Å². The first-order chi connectivity index (χ1) is 12.2. The summed E-state index contributed by atoms with van der Waals surface area (Å²) in [4.78, 5) is 30.3. The molecule has 1 aliphatic heterocycles. The van der Waals surface area contributed by atoms with Crippen LogP contribution in [0, 0.1) is 5.41 Å². The Balaban J connectivity index is 1.79. The first-order valence-corrected chi connectivity index (χ1v) is 9.50. The third kappa shape index (κ3) is 4.19. The lowest BCUT2D eigenvalue weighted by Gasteiger charge is -2.18. The summed E-state index contributed by atoms with van der Waals surface area (Å²) in [6.07, 6.45) is 3.16. The van der Waals surface area contributed by atoms with Crippen LogP contribution < -0.4 is 0 Å². The number of benzene rings is 1. The van der Waals surface area contributed by atoms with E-state index in [-0.39, 0.29) is 18.2 Å². The van der Waals surface area contributed by atoms with Crippen molar-refractivity contribution < 1.29 is 14.0 Å². The number of carbonyl (C=O) groups excluding carboxylic acids is 2. The fraction of sp³-hybridized carbons (Fsp3) is 0.316. The zero-order chi connectivity index (χ0) is 18.9. The molecule has 1 aromatic carbocycles. The van der Waals surface area contributed by atoms with Crippen LogP contribution in [0.15, 0.2) is 46.0 Å². The van der Waals surface area contributed by atoms with Gasteiger partial charge in [-0.25, -0.2) is 4.98 Å². The van der Waals surface area contributed by atoms with Crippen LogP contribution in [0.1, 0.15) is 26.7 Å². The van der Waals surface area contributed by atoms with E-state index in [9.17, 15) is 9.59 Å². The number of rotatable bonds is 4. The SMILES string of the molecule is CC(C)(C)C(=O)/C=C1\SCC(=O)N1Cc1ncc(-c2ccc(Cl)cc2)o1. The van der Waals surface area contributed by atoms with Crippen LogP contribution in [-0.4, -0.2) is 27.3 Å². The normalized spacial score (nSPS) is 16.5. The van der Waals surface area contributed by atoms with Crippen LogP contribution in [0.4, 0.5) is 0 Å². The number of aromatic nitrogens is 1. The first-order valence-electron chi connectivity index (χ1n) is 8.14. The Kier molecular flexibility index (Phi) is 5.25. The number of thioether (sulfide) groups is 1. The van der Waals surface area contributed by atoms with Crippen molar-refractivity contribution in [3.05, 3.63) is 52.5 Å². The van der Waals surface area contributed by atoms with Gasteiger partial charge in [-0.2, -0.15) is 0 Å². The van der Waals surface area contributed by atoms with Crippen molar-refractivity contribution >= 4 is 35.1 Å². The Bertz CT molecular complexity index is 866. The molecule has 0 atom stereocenters. The van der Waals surface area contributed by atoms with E-state index < -0.39 is 5.41 Å². The van der Waals surface area contributed by atoms with Gasteiger partial charge in [-0.3, -0.25) is 14.5 Å². The molecule has 7 heteroatoms. The lowest BCUT2D eigenvalue weighted by atomic mass is 9.91. The average Bonchev–Trinajstić information content (AvgIpc) is 3.17. The molecule has 1 saturated heterocycles. The van der Waals surface area contributed by atoms with Gasteiger partial charge >= 0.3 is 0 Å². The van der Waals surface area contributed by atoms with Gasteiger partial charge in [0.2, 0.25) is 11.8 Å². The molecule has 0 aliphatic carbocycles. The standard InChI is InChI=1S/C19H19ClN2O3S/c1-19(2,3)15(23)8-18-22(17(24)11-26-18)10-16-21-9-14(25-16)12-4-6-13(20)7-5-12/h4-9H,10-11H2,1-3H3/b18-8-. The van der Waals surface area contributed by atoms with Crippen LogP contribution in [-0.2, 0) is 16.1 Å². The summed E-state index contributed by atoms with van der Waals surface area (Å²) in [6, 6.07) is 7.24. The summed E-state index contributed by atoms with van der Waals surface area (Å²) in [6.45, 7) is 5.75. The van der Waals surface area contributed by atoms with Crippen molar-refractivity contribution in [1.82, 2.24) is 9.88 Å². The van der Waals surface area contributed by atoms with Gasteiger partial charge in [0.05, 0.1) is 17.0 Å². The number of ketones is 1. The van der Waals surface area contributed by atoms with Crippen molar-refractivity contribution in [2.24, 2.45) is 5.41 Å². The average molecular weight is 391 g/mol. The summed E-state index contributed by atoms with van der Waals surface area (Å²) in [5, 5.41) is 1.28. The lowest BCUT2D eigenvalue weighted by molar-refractivity contribution is -0.126. The molecule has 2 aromatic rings. The molecule has 0 saturated carbocycles. The maximum Gasteiger partial charge on any atom is 0.238 e. The monoisotopic (exact) mass is 390 g/mol. The quantitative estimate of drug-likeness (QED) is 0.718. The smallest absolute Gasteiger partial charge is 0.238 e. The molecule has 1 amide bonds. The largest absolute Gasteiger partial charge is 0.439 e. The Morgan fingerprint density at radius 3 is 2.69 bits per heavy atom. The molecule has 1 aromatic heterocycles. The van der Waals surface area contributed by atoms with E-state index in [1.165, 1.54) is 11.8 Å². The predicted molar refractivity (Wildman–Crippen MR) is 103 cm³/mol. The highest BCUT2D eigenvalue weighted by Gasteiger charge is 2.30. The minimum absolute atomic E-state index is 0.0195. The van der Waals surface area contributed by atoms with Gasteiger partial charge in [-0.15, -0.1) is 0 Å². The second-order valence-corrected chi connectivity index (χ2v) is 8.42. The number of carbonyl (C=O) groups is 2. The Morgan fingerprint density at radius 2 is 2.04 bits per heavy atom. The summed E-state index contributed by atoms with van der Waals surface area (Å²) in [5.41, 5.74) is 0.365. The number of halogens is 1. The van der Waals surface area contributed by atoms with E-state index in [1.54, 1.807) is 29.3 Å². The minimum Gasteiger partial charge on any atom is -0.439 e. The molecule has 2 heterocycles. The number of hydrogen-bond acceptors (Lipinski definition) is 5. The number of amides is 1. The van der Waals surface area contributed by atoms with Crippen molar-refractivity contribution in [3.63, 3.8) is 0 Å². The van der Waals surface area contributed by atoms with Gasteiger partial charge in [-0.05, 0) is 24.3 Å². The number of nitrogens with zero attached hydrogens (tertiary/aromatic N) is 2. The number of oxazole rings is 1. The van der Waals surface area contributed by atoms with E-state index in [1.807, 2.05) is 32.9 Å². The zero-order valence-corrected chi connectivity index (χ0v) is 16.4. The lowest BCUT2D eigenvalue weighted by Crippen LogP contribution is -2.26. The van der Waals surface area contributed by atoms with Crippen molar-refractivity contribution in [2.75, 3.05) is 5.75 Å². The minimum atomic E-state index is -0.491. The second kappa shape index (κ2) is 7.29. The topological polar surface area (TPSA) is 63.4 Å². The number of allylic oxidation sites excluding steroid dienone is 1. The summed E-state index contributed by atoms with van der Waals surface area (Å²) in [7, 11) is 0. The Labute approximate surface area is 161 Å². The fourth-order valence-corrected chi connectivity index (χ4v) is 3.36. The summed E-state index contributed by atoms with van der Waals surface area (Å²) < 4.78 is 5.77. The number of hydrogen-bond donors (Lipinski definition) is 0. The highest BCUT2D eigenvalue weighted by molar-refractivity contribution is 8.04. The van der Waals surface area contributed by atoms with Crippen LogP contribution in [0.5, 0.6) is 0 Å². The molecule has 0 unspecified atom stereocenters. The molecule has 0 radical (unpaired) electrons. The van der Waals surface area contributed by atoms with Gasteiger partial charge in [-0.1, -0.05) is 44.1 Å². The third-order valence-electron chi connectivity index (χ3n) is 3.88. The molecule has 1 fully saturated rings. The molecule has 0 bridgehead atoms. The molecule has 136 valence electrons. The van der Waals surface area contributed by atoms with E-state index in [4.69, 9.17) is 16.0 Å². The van der Waals surface area contributed by atoms with E-state index in [2.05, 4.69) is 4.98 Å². The summed E-state index contributed by atoms with van der Waals surface area (Å²) >= 11 is 7.26. The molecule has 0 N–H and O–H groups in total. The fourth-order valence-electron chi connectivity index (χ4n) is 2.29. The summed E-state index contributed by atoms with van der Waals surface area (Å²) in [5.74, 6) is 1.25. The molecular weight excluding hydrogens is 372 g/mol. The Morgan fingerprint density at radius 1 is 1.35 bits per heavy atom. The predicted octanol–water partition coefficient (Wildman–Crippen LogP) is 4.53. The highest BCUT2D eigenvalue weighted by atomic mass is 35.5. The maximum atomic E-state index is 12.3. The van der Waals surface area contributed by atoms with Crippen molar-refractivity contribution in [2.45, 2.75) is 27.3 Å². The van der Waals surface area contributed by atoms with Gasteiger partial charge < -0.3 is 4.42 Å². The van der Waals surface area contributed by atoms with Gasteiger partial charge in [0.1, 0.15) is 6.54 Å². The molecule has 26 heavy (non-hydrogen) atoms. The highest BCUT2D eigenvalue weighted by Crippen LogP contribution is 2.32. The van der Waals surface area contributed by atoms with Gasteiger partial charge in [0, 0.05) is 22.1 Å². The zero-order valence-electron chi connectivity index (χ0n) is 14.8. The third-order valence-corrected chi connectivity index (χ3v) is 5.16. The first kappa shape index (κ1) is 18.7. The van der Waals surface area contributed by atoms with Gasteiger partial charge in [0.15, 0.2) is 11.5 Å². The molecule has 1 aliphatic rings. The maximum absolute atomic E-state index is 12.3. The van der Waals surface area contributed by atoms with E-state index in [0.717, 1.165) is 5.56 Å². The molecule has 3 rings (SSSR count). The Hall–Kier alpha value is -2.05. The second-order valence-electron chi connectivity index (χ2n) is 6.99. The van der Waals surface area contributed by atoms with Gasteiger partial charge in [0.25, 0.3) is 0 Å². The van der Waals surface area contributed by atoms with Crippen LogP contribution >= 0.6 is 23.4 Å². The van der Waals surface area contributed by atoms with E-state index >= 15 is 0 Å². The molecular formula is C19H19ClN2O3S. The van der Waals surface area contributed by atoms with Crippen LogP contribution in [0.3, 0.4) is 0 Å². The van der Waals surface area contributed by atoms with E-state index in [0.29, 0.717) is 27.5 Å².